The standard InChI is InChI=1S/C28H40N2OS/c1-4-7-20-32-21-19-30(6-3)27(12-5-2)16-9-8-13-25-14-10-17-28(22-25)31-24-26-15-11-18-29-23-26/h6,9-11,14-18,22-23,27H,3-5,7-8,12-13,19-21,24H2,1-2H3/b16-9+. The molecule has 0 aliphatic carbocycles. The van der Waals surface area contributed by atoms with E-state index in [-0.39, 0.29) is 0 Å². The second-order valence-electron chi connectivity index (χ2n) is 8.01. The number of hydrogen-bond acceptors (Lipinski definition) is 4. The third-order valence-electron chi connectivity index (χ3n) is 5.37. The van der Waals surface area contributed by atoms with Crippen LogP contribution in [0.2, 0.25) is 0 Å². The van der Waals surface area contributed by atoms with Crippen LogP contribution >= 0.6 is 11.8 Å². The number of ether oxygens (including phenoxy) is 1. The summed E-state index contributed by atoms with van der Waals surface area (Å²) in [5.41, 5.74) is 2.39. The molecule has 1 aromatic carbocycles. The molecular formula is C28H40N2OS. The highest BCUT2D eigenvalue weighted by Crippen LogP contribution is 2.17. The zero-order valence-electron chi connectivity index (χ0n) is 19.9. The molecule has 1 heterocycles. The van der Waals surface area contributed by atoms with Crippen LogP contribution in [0.15, 0.2) is 73.7 Å². The van der Waals surface area contributed by atoms with Crippen molar-refractivity contribution in [1.82, 2.24) is 9.88 Å². The molecule has 4 heteroatoms. The average Bonchev–Trinajstić information content (AvgIpc) is 2.83. The van der Waals surface area contributed by atoms with E-state index in [9.17, 15) is 0 Å². The van der Waals surface area contributed by atoms with Crippen molar-refractivity contribution < 1.29 is 4.74 Å². The van der Waals surface area contributed by atoms with Gasteiger partial charge in [-0.2, -0.15) is 11.8 Å². The van der Waals surface area contributed by atoms with Crippen molar-refractivity contribution in [2.45, 2.75) is 65.0 Å². The fourth-order valence-electron chi connectivity index (χ4n) is 3.52. The van der Waals surface area contributed by atoms with Gasteiger partial charge in [-0.15, -0.1) is 0 Å². The predicted octanol–water partition coefficient (Wildman–Crippen LogP) is 7.30. The van der Waals surface area contributed by atoms with Gasteiger partial charge in [0.2, 0.25) is 0 Å². The summed E-state index contributed by atoms with van der Waals surface area (Å²) in [6.45, 7) is 10.2. The Morgan fingerprint density at radius 1 is 1.12 bits per heavy atom. The number of nitrogens with zero attached hydrogens (tertiary/aromatic N) is 2. The summed E-state index contributed by atoms with van der Waals surface area (Å²) in [6.07, 6.45) is 17.3. The Balaban J connectivity index is 1.81. The van der Waals surface area contributed by atoms with Gasteiger partial charge in [0.15, 0.2) is 0 Å². The van der Waals surface area contributed by atoms with Crippen molar-refractivity contribution in [3.8, 4) is 5.75 Å². The molecule has 0 amide bonds. The maximum absolute atomic E-state index is 5.94. The summed E-state index contributed by atoms with van der Waals surface area (Å²) in [6, 6.07) is 12.8. The van der Waals surface area contributed by atoms with E-state index in [4.69, 9.17) is 4.74 Å². The van der Waals surface area contributed by atoms with Crippen LogP contribution < -0.4 is 4.74 Å². The Labute approximate surface area is 200 Å². The zero-order chi connectivity index (χ0) is 22.9. The molecule has 0 spiro atoms. The van der Waals surface area contributed by atoms with Crippen molar-refractivity contribution >= 4 is 11.8 Å². The second-order valence-corrected chi connectivity index (χ2v) is 9.23. The zero-order valence-corrected chi connectivity index (χ0v) is 20.7. The van der Waals surface area contributed by atoms with E-state index in [2.05, 4.69) is 72.4 Å². The number of aromatic nitrogens is 1. The smallest absolute Gasteiger partial charge is 0.120 e. The highest BCUT2D eigenvalue weighted by molar-refractivity contribution is 7.99. The number of rotatable bonds is 17. The summed E-state index contributed by atoms with van der Waals surface area (Å²) in [4.78, 5) is 6.55. The van der Waals surface area contributed by atoms with Crippen LogP contribution in [-0.4, -0.2) is 34.0 Å². The van der Waals surface area contributed by atoms with Crippen LogP contribution in [0.5, 0.6) is 5.75 Å². The van der Waals surface area contributed by atoms with E-state index in [1.165, 1.54) is 42.8 Å². The minimum Gasteiger partial charge on any atom is -0.489 e. The SMILES string of the molecule is C=CN(CCSCCCC)C(/C=C/CCc1cccc(OCc2cccnc2)c1)CCC. The van der Waals surface area contributed by atoms with Crippen LogP contribution in [0.3, 0.4) is 0 Å². The first kappa shape index (κ1) is 26.1. The molecule has 2 aromatic rings. The Morgan fingerprint density at radius 3 is 2.75 bits per heavy atom. The summed E-state index contributed by atoms with van der Waals surface area (Å²) in [5.74, 6) is 3.35. The van der Waals surface area contributed by atoms with E-state index in [1.807, 2.05) is 30.6 Å². The van der Waals surface area contributed by atoms with Crippen molar-refractivity contribution in [1.29, 1.82) is 0 Å². The molecule has 174 valence electrons. The lowest BCUT2D eigenvalue weighted by atomic mass is 10.1. The third-order valence-corrected chi connectivity index (χ3v) is 6.41. The first-order valence-electron chi connectivity index (χ1n) is 12.0. The number of allylic oxidation sites excluding steroid dienone is 1. The molecule has 0 radical (unpaired) electrons. The maximum atomic E-state index is 5.94. The molecule has 1 aromatic heterocycles. The molecule has 0 bridgehead atoms. The molecule has 0 fully saturated rings. The summed E-state index contributed by atoms with van der Waals surface area (Å²) in [7, 11) is 0. The van der Waals surface area contributed by atoms with Crippen LogP contribution in [0.1, 0.15) is 57.1 Å². The van der Waals surface area contributed by atoms with Crippen molar-refractivity contribution in [3.63, 3.8) is 0 Å². The van der Waals surface area contributed by atoms with E-state index < -0.39 is 0 Å². The van der Waals surface area contributed by atoms with E-state index >= 15 is 0 Å². The van der Waals surface area contributed by atoms with E-state index in [0.29, 0.717) is 12.6 Å². The minimum atomic E-state index is 0.443. The molecule has 0 aliphatic rings. The topological polar surface area (TPSA) is 25.4 Å². The molecule has 0 aliphatic heterocycles. The van der Waals surface area contributed by atoms with Gasteiger partial charge >= 0.3 is 0 Å². The summed E-state index contributed by atoms with van der Waals surface area (Å²) < 4.78 is 5.94. The molecule has 32 heavy (non-hydrogen) atoms. The number of pyridine rings is 1. The van der Waals surface area contributed by atoms with Crippen LogP contribution in [0, 0.1) is 0 Å². The lowest BCUT2D eigenvalue weighted by molar-refractivity contribution is 0.305. The van der Waals surface area contributed by atoms with Gasteiger partial charge in [-0.1, -0.05) is 63.6 Å². The van der Waals surface area contributed by atoms with Gasteiger partial charge < -0.3 is 9.64 Å². The quantitative estimate of drug-likeness (QED) is 0.186. The van der Waals surface area contributed by atoms with Gasteiger partial charge in [-0.25, -0.2) is 0 Å². The van der Waals surface area contributed by atoms with Gasteiger partial charge in [-0.05, 0) is 61.4 Å². The van der Waals surface area contributed by atoms with Crippen LogP contribution in [0.25, 0.3) is 0 Å². The van der Waals surface area contributed by atoms with Gasteiger partial charge in [0.1, 0.15) is 12.4 Å². The number of thioether (sulfide) groups is 1. The third kappa shape index (κ3) is 10.4. The monoisotopic (exact) mass is 452 g/mol. The van der Waals surface area contributed by atoms with Crippen LogP contribution in [0.4, 0.5) is 0 Å². The van der Waals surface area contributed by atoms with E-state index in [1.54, 1.807) is 6.20 Å². The van der Waals surface area contributed by atoms with Gasteiger partial charge in [0.25, 0.3) is 0 Å². The fourth-order valence-corrected chi connectivity index (χ4v) is 4.56. The molecule has 1 unspecified atom stereocenters. The molecule has 0 N–H and O–H groups in total. The van der Waals surface area contributed by atoms with Crippen LogP contribution in [-0.2, 0) is 13.0 Å². The lowest BCUT2D eigenvalue weighted by Gasteiger charge is -2.28. The summed E-state index contributed by atoms with van der Waals surface area (Å²) >= 11 is 2.06. The first-order chi connectivity index (χ1) is 15.8. The first-order valence-corrected chi connectivity index (χ1v) is 13.2. The Morgan fingerprint density at radius 2 is 2.00 bits per heavy atom. The Kier molecular flexibility index (Phi) is 13.4. The van der Waals surface area contributed by atoms with Gasteiger partial charge in [0.05, 0.1) is 0 Å². The largest absolute Gasteiger partial charge is 0.489 e. The normalized spacial score (nSPS) is 12.1. The molecule has 2 rings (SSSR count). The molecular weight excluding hydrogens is 412 g/mol. The van der Waals surface area contributed by atoms with Crippen molar-refractivity contribution in [3.05, 3.63) is 84.8 Å². The predicted molar refractivity (Wildman–Crippen MR) is 140 cm³/mol. The molecule has 3 nitrogen and oxygen atoms in total. The minimum absolute atomic E-state index is 0.443. The Bertz CT molecular complexity index is 778. The molecule has 0 saturated carbocycles. The van der Waals surface area contributed by atoms with Gasteiger partial charge in [-0.3, -0.25) is 4.98 Å². The number of unbranched alkanes of at least 4 members (excludes halogenated alkanes) is 1. The molecule has 1 atom stereocenters. The van der Waals surface area contributed by atoms with E-state index in [0.717, 1.165) is 30.7 Å². The van der Waals surface area contributed by atoms with Crippen molar-refractivity contribution in [2.24, 2.45) is 0 Å². The van der Waals surface area contributed by atoms with Gasteiger partial charge in [0, 0.05) is 36.3 Å². The highest BCUT2D eigenvalue weighted by atomic mass is 32.2. The number of benzene rings is 1. The second kappa shape index (κ2) is 16.4. The molecule has 0 saturated heterocycles. The van der Waals surface area contributed by atoms with Crippen molar-refractivity contribution in [2.75, 3.05) is 18.1 Å². The maximum Gasteiger partial charge on any atom is 0.120 e. The Hall–Kier alpha value is -2.20. The summed E-state index contributed by atoms with van der Waals surface area (Å²) in [5, 5.41) is 0. The number of hydrogen-bond donors (Lipinski definition) is 0. The average molecular weight is 453 g/mol. The fraction of sp³-hybridized carbons (Fsp3) is 0.464. The lowest BCUT2D eigenvalue weighted by Crippen LogP contribution is -2.30. The number of aryl methyl sites for hydroxylation is 1. The highest BCUT2D eigenvalue weighted by Gasteiger charge is 2.10.